The lowest BCUT2D eigenvalue weighted by atomic mass is 10.1. The second-order valence-corrected chi connectivity index (χ2v) is 4.89. The molecule has 0 aliphatic heterocycles. The van der Waals surface area contributed by atoms with E-state index in [-0.39, 0.29) is 0 Å². The molecule has 1 rings (SSSR count). The van der Waals surface area contributed by atoms with E-state index in [2.05, 4.69) is 21.8 Å². The molecule has 1 aromatic rings. The molecule has 0 N–H and O–H groups in total. The van der Waals surface area contributed by atoms with Crippen LogP contribution >= 0.6 is 23.3 Å². The van der Waals surface area contributed by atoms with Gasteiger partial charge in [-0.3, -0.25) is 0 Å². The summed E-state index contributed by atoms with van der Waals surface area (Å²) in [5.74, 6) is 1.15. The topological polar surface area (TPSA) is 25.8 Å². The van der Waals surface area contributed by atoms with Crippen molar-refractivity contribution < 1.29 is 0 Å². The van der Waals surface area contributed by atoms with E-state index in [9.17, 15) is 0 Å². The average Bonchev–Trinajstić information content (AvgIpc) is 2.69. The summed E-state index contributed by atoms with van der Waals surface area (Å²) in [5, 5.41) is 0.892. The molecule has 0 atom stereocenters. The van der Waals surface area contributed by atoms with Gasteiger partial charge in [0.1, 0.15) is 0 Å². The van der Waals surface area contributed by atoms with Gasteiger partial charge in [-0.2, -0.15) is 4.37 Å². The highest BCUT2D eigenvalue weighted by Gasteiger charge is 1.97. The van der Waals surface area contributed by atoms with Crippen LogP contribution in [0.25, 0.3) is 0 Å². The summed E-state index contributed by atoms with van der Waals surface area (Å²) in [6, 6.07) is 0. The first-order chi connectivity index (χ1) is 6.93. The summed E-state index contributed by atoms with van der Waals surface area (Å²) in [4.78, 5) is 4.01. The molecule has 1 heterocycles. The lowest BCUT2D eigenvalue weighted by Gasteiger charge is -1.98. The van der Waals surface area contributed by atoms with Gasteiger partial charge in [0.2, 0.25) is 5.16 Å². The van der Waals surface area contributed by atoms with Crippen molar-refractivity contribution in [3.05, 3.63) is 5.51 Å². The van der Waals surface area contributed by atoms with E-state index in [1.165, 1.54) is 50.1 Å². The Morgan fingerprint density at radius 2 is 2.00 bits per heavy atom. The SMILES string of the molecule is CCCCCCCCSc1n[c]sn1. The number of hydrogen-bond donors (Lipinski definition) is 0. The van der Waals surface area contributed by atoms with Crippen LogP contribution in [0.15, 0.2) is 5.16 Å². The first-order valence-electron chi connectivity index (χ1n) is 5.26. The normalized spacial score (nSPS) is 10.6. The summed E-state index contributed by atoms with van der Waals surface area (Å²) in [6.45, 7) is 2.25. The smallest absolute Gasteiger partial charge is 0.200 e. The van der Waals surface area contributed by atoms with Crippen molar-refractivity contribution in [2.45, 2.75) is 50.6 Å². The van der Waals surface area contributed by atoms with Crippen molar-refractivity contribution in [1.29, 1.82) is 0 Å². The summed E-state index contributed by atoms with van der Waals surface area (Å²) >= 11 is 3.06. The molecule has 14 heavy (non-hydrogen) atoms. The number of unbranched alkanes of at least 4 members (excludes halogenated alkanes) is 5. The standard InChI is InChI=1S/C10H17N2S2/c1-2-3-4-5-6-7-8-13-10-11-9-14-12-10/h2-8H2,1H3. The van der Waals surface area contributed by atoms with Gasteiger partial charge in [-0.15, -0.1) is 0 Å². The summed E-state index contributed by atoms with van der Waals surface area (Å²) < 4.78 is 4.10. The number of thioether (sulfide) groups is 1. The van der Waals surface area contributed by atoms with E-state index in [0.29, 0.717) is 0 Å². The maximum absolute atomic E-state index is 4.10. The van der Waals surface area contributed by atoms with E-state index in [1.807, 2.05) is 0 Å². The molecule has 0 aliphatic rings. The van der Waals surface area contributed by atoms with Crippen molar-refractivity contribution in [1.82, 2.24) is 9.36 Å². The molecule has 4 heteroatoms. The van der Waals surface area contributed by atoms with Crippen LogP contribution in [0.1, 0.15) is 45.4 Å². The fraction of sp³-hybridized carbons (Fsp3) is 0.800. The van der Waals surface area contributed by atoms with Crippen LogP contribution in [-0.2, 0) is 0 Å². The third-order valence-electron chi connectivity index (χ3n) is 2.03. The number of rotatable bonds is 8. The zero-order valence-corrected chi connectivity index (χ0v) is 10.3. The Kier molecular flexibility index (Phi) is 7.05. The zero-order valence-electron chi connectivity index (χ0n) is 8.66. The maximum Gasteiger partial charge on any atom is 0.200 e. The summed E-state index contributed by atoms with van der Waals surface area (Å²) in [7, 11) is 0. The minimum atomic E-state index is 0.892. The van der Waals surface area contributed by atoms with Crippen molar-refractivity contribution in [3.8, 4) is 0 Å². The molecule has 1 radical (unpaired) electrons. The molecule has 0 amide bonds. The molecule has 0 saturated carbocycles. The molecule has 0 unspecified atom stereocenters. The van der Waals surface area contributed by atoms with E-state index >= 15 is 0 Å². The van der Waals surface area contributed by atoms with Crippen LogP contribution < -0.4 is 0 Å². The van der Waals surface area contributed by atoms with E-state index < -0.39 is 0 Å². The second kappa shape index (κ2) is 8.24. The third-order valence-corrected chi connectivity index (χ3v) is 3.52. The predicted molar refractivity (Wildman–Crippen MR) is 62.8 cm³/mol. The summed E-state index contributed by atoms with van der Waals surface area (Å²) in [5.41, 5.74) is 2.76. The van der Waals surface area contributed by atoms with Crippen LogP contribution in [0.4, 0.5) is 0 Å². The molecule has 0 aromatic carbocycles. The fourth-order valence-corrected chi connectivity index (χ4v) is 2.55. The highest BCUT2D eigenvalue weighted by atomic mass is 32.2. The minimum absolute atomic E-state index is 0.892. The Labute approximate surface area is 94.7 Å². The van der Waals surface area contributed by atoms with Crippen LogP contribution in [-0.4, -0.2) is 15.1 Å². The Hall–Kier alpha value is -0.0900. The molecule has 0 fully saturated rings. The Morgan fingerprint density at radius 1 is 1.21 bits per heavy atom. The monoisotopic (exact) mass is 229 g/mol. The number of nitrogens with zero attached hydrogens (tertiary/aromatic N) is 2. The Morgan fingerprint density at radius 3 is 2.71 bits per heavy atom. The molecular formula is C10H17N2S2. The minimum Gasteiger partial charge on any atom is -0.206 e. The van der Waals surface area contributed by atoms with Gasteiger partial charge in [-0.05, 0) is 18.0 Å². The van der Waals surface area contributed by atoms with Gasteiger partial charge in [-0.25, -0.2) is 4.98 Å². The molecule has 2 nitrogen and oxygen atoms in total. The fourth-order valence-electron chi connectivity index (χ4n) is 1.24. The first-order valence-corrected chi connectivity index (χ1v) is 7.02. The third kappa shape index (κ3) is 5.60. The van der Waals surface area contributed by atoms with Crippen LogP contribution in [0.5, 0.6) is 0 Å². The van der Waals surface area contributed by atoms with Crippen LogP contribution in [0.2, 0.25) is 0 Å². The number of aromatic nitrogens is 2. The average molecular weight is 229 g/mol. The van der Waals surface area contributed by atoms with Gasteiger partial charge in [0.15, 0.2) is 5.51 Å². The van der Waals surface area contributed by atoms with Gasteiger partial charge in [0.05, 0.1) is 0 Å². The number of hydrogen-bond acceptors (Lipinski definition) is 4. The van der Waals surface area contributed by atoms with E-state index in [1.54, 1.807) is 11.8 Å². The molecule has 1 aromatic heterocycles. The van der Waals surface area contributed by atoms with Crippen molar-refractivity contribution in [2.24, 2.45) is 0 Å². The molecule has 0 spiro atoms. The van der Waals surface area contributed by atoms with Crippen molar-refractivity contribution in [3.63, 3.8) is 0 Å². The molecule has 0 saturated heterocycles. The Bertz CT molecular complexity index is 212. The van der Waals surface area contributed by atoms with E-state index in [4.69, 9.17) is 0 Å². The van der Waals surface area contributed by atoms with E-state index in [0.717, 1.165) is 10.9 Å². The van der Waals surface area contributed by atoms with Crippen molar-refractivity contribution in [2.75, 3.05) is 5.75 Å². The quantitative estimate of drug-likeness (QED) is 0.501. The van der Waals surface area contributed by atoms with Crippen LogP contribution in [0.3, 0.4) is 0 Å². The highest BCUT2D eigenvalue weighted by molar-refractivity contribution is 7.99. The first kappa shape index (κ1) is 12.0. The largest absolute Gasteiger partial charge is 0.206 e. The van der Waals surface area contributed by atoms with Gasteiger partial charge in [-0.1, -0.05) is 50.8 Å². The zero-order chi connectivity index (χ0) is 10.1. The predicted octanol–water partition coefficient (Wildman–Crippen LogP) is 3.79. The van der Waals surface area contributed by atoms with Gasteiger partial charge in [0, 0.05) is 5.75 Å². The van der Waals surface area contributed by atoms with Crippen molar-refractivity contribution >= 4 is 23.3 Å². The van der Waals surface area contributed by atoms with Gasteiger partial charge in [0.25, 0.3) is 0 Å². The molecule has 0 bridgehead atoms. The lowest BCUT2D eigenvalue weighted by molar-refractivity contribution is 0.627. The van der Waals surface area contributed by atoms with Crippen LogP contribution in [0, 0.1) is 5.51 Å². The van der Waals surface area contributed by atoms with Gasteiger partial charge >= 0.3 is 0 Å². The van der Waals surface area contributed by atoms with Gasteiger partial charge < -0.3 is 0 Å². The lowest BCUT2D eigenvalue weighted by Crippen LogP contribution is -1.83. The summed E-state index contributed by atoms with van der Waals surface area (Å²) in [6.07, 6.45) is 8.12. The Balaban J connectivity index is 1.85. The second-order valence-electron chi connectivity index (χ2n) is 3.28. The molecular weight excluding hydrogens is 212 g/mol. The maximum atomic E-state index is 4.10. The highest BCUT2D eigenvalue weighted by Crippen LogP contribution is 2.16. The molecule has 0 aliphatic carbocycles. The molecule has 79 valence electrons.